The van der Waals surface area contributed by atoms with Crippen LogP contribution in [0.4, 0.5) is 0 Å². The molecule has 0 aliphatic heterocycles. The number of pyridine rings is 1. The maximum Gasteiger partial charge on any atom is 0.259 e. The minimum atomic E-state index is 0.493. The largest absolute Gasteiger partial charge is 0.334 e. The lowest BCUT2D eigenvalue weighted by Crippen LogP contribution is -1.84. The molecule has 0 amide bonds. The van der Waals surface area contributed by atoms with Crippen LogP contribution in [-0.2, 0) is 0 Å². The Morgan fingerprint density at radius 2 is 2.05 bits per heavy atom. The van der Waals surface area contributed by atoms with Gasteiger partial charge in [0.05, 0.1) is 21.5 Å². The van der Waals surface area contributed by atoms with Crippen LogP contribution in [0.3, 0.4) is 0 Å². The number of rotatable bonds is 2. The van der Waals surface area contributed by atoms with Crippen LogP contribution in [0, 0.1) is 0 Å². The molecule has 0 N–H and O–H groups in total. The summed E-state index contributed by atoms with van der Waals surface area (Å²) in [6, 6.07) is 9.75. The molecule has 0 atom stereocenters. The first kappa shape index (κ1) is 11.2. The van der Waals surface area contributed by atoms with E-state index in [1.54, 1.807) is 17.9 Å². The molecule has 3 aromatic heterocycles. The van der Waals surface area contributed by atoms with Crippen molar-refractivity contribution in [3.05, 3.63) is 48.2 Å². The van der Waals surface area contributed by atoms with Crippen molar-refractivity contribution in [2.45, 2.75) is 0 Å². The van der Waals surface area contributed by atoms with Gasteiger partial charge in [-0.1, -0.05) is 23.4 Å². The van der Waals surface area contributed by atoms with Gasteiger partial charge in [-0.15, -0.1) is 11.3 Å². The van der Waals surface area contributed by atoms with Gasteiger partial charge in [0.15, 0.2) is 0 Å². The molecule has 0 saturated carbocycles. The highest BCUT2D eigenvalue weighted by molar-refractivity contribution is 7.13. The highest BCUT2D eigenvalue weighted by Gasteiger charge is 2.14. The van der Waals surface area contributed by atoms with Crippen LogP contribution in [0.2, 0.25) is 0 Å². The second-order valence-electron chi connectivity index (χ2n) is 4.16. The molecule has 20 heavy (non-hydrogen) atoms. The SMILES string of the molecule is c1ccc2c(-c3nc(-c4cncs4)no3)ccnc2c1. The summed E-state index contributed by atoms with van der Waals surface area (Å²) in [5.74, 6) is 1.05. The first-order valence-corrected chi connectivity index (χ1v) is 6.86. The van der Waals surface area contributed by atoms with Gasteiger partial charge in [-0.05, 0) is 12.1 Å². The minimum Gasteiger partial charge on any atom is -0.334 e. The van der Waals surface area contributed by atoms with Crippen LogP contribution >= 0.6 is 11.3 Å². The van der Waals surface area contributed by atoms with Crippen LogP contribution in [0.5, 0.6) is 0 Å². The lowest BCUT2D eigenvalue weighted by atomic mass is 10.1. The van der Waals surface area contributed by atoms with Crippen molar-refractivity contribution in [3.8, 4) is 22.2 Å². The van der Waals surface area contributed by atoms with Gasteiger partial charge in [-0.25, -0.2) is 0 Å². The van der Waals surface area contributed by atoms with Crippen molar-refractivity contribution in [1.29, 1.82) is 0 Å². The molecule has 0 aliphatic carbocycles. The molecule has 0 fully saturated rings. The average molecular weight is 280 g/mol. The van der Waals surface area contributed by atoms with E-state index in [0.29, 0.717) is 11.7 Å². The number of fused-ring (bicyclic) bond motifs is 1. The van der Waals surface area contributed by atoms with E-state index >= 15 is 0 Å². The Balaban J connectivity index is 1.88. The number of benzene rings is 1. The summed E-state index contributed by atoms with van der Waals surface area (Å²) in [5, 5.41) is 5.00. The van der Waals surface area contributed by atoms with Crippen LogP contribution in [0.1, 0.15) is 0 Å². The van der Waals surface area contributed by atoms with Crippen molar-refractivity contribution in [2.75, 3.05) is 0 Å². The van der Waals surface area contributed by atoms with Gasteiger partial charge in [-0.2, -0.15) is 4.98 Å². The predicted molar refractivity (Wildman–Crippen MR) is 76.1 cm³/mol. The third kappa shape index (κ3) is 1.78. The number of nitrogens with zero attached hydrogens (tertiary/aromatic N) is 4. The monoisotopic (exact) mass is 280 g/mol. The average Bonchev–Trinajstić information content (AvgIpc) is 3.17. The van der Waals surface area contributed by atoms with E-state index in [1.165, 1.54) is 11.3 Å². The second kappa shape index (κ2) is 4.50. The highest BCUT2D eigenvalue weighted by Crippen LogP contribution is 2.28. The Bertz CT molecular complexity index is 864. The zero-order chi connectivity index (χ0) is 13.4. The van der Waals surface area contributed by atoms with E-state index in [0.717, 1.165) is 21.3 Å². The minimum absolute atomic E-state index is 0.493. The molecule has 5 nitrogen and oxygen atoms in total. The zero-order valence-electron chi connectivity index (χ0n) is 10.2. The van der Waals surface area contributed by atoms with Gasteiger partial charge < -0.3 is 4.52 Å². The number of para-hydroxylation sites is 1. The highest BCUT2D eigenvalue weighted by atomic mass is 32.1. The van der Waals surface area contributed by atoms with Gasteiger partial charge in [0.25, 0.3) is 5.89 Å². The Kier molecular flexibility index (Phi) is 2.53. The van der Waals surface area contributed by atoms with Crippen molar-refractivity contribution >= 4 is 22.2 Å². The van der Waals surface area contributed by atoms with E-state index in [9.17, 15) is 0 Å². The summed E-state index contributed by atoms with van der Waals surface area (Å²) >= 11 is 1.48. The standard InChI is InChI=1S/C14H8N4OS/c1-2-4-11-9(3-1)10(5-6-16-11)14-17-13(18-19-14)12-7-15-8-20-12/h1-8H. The van der Waals surface area contributed by atoms with Crippen molar-refractivity contribution in [1.82, 2.24) is 20.1 Å². The van der Waals surface area contributed by atoms with Crippen LogP contribution < -0.4 is 0 Å². The van der Waals surface area contributed by atoms with Gasteiger partial charge >= 0.3 is 0 Å². The normalized spacial score (nSPS) is 11.0. The number of hydrogen-bond donors (Lipinski definition) is 0. The summed E-state index contributed by atoms with van der Waals surface area (Å²) in [5.41, 5.74) is 3.54. The molecule has 0 aliphatic rings. The van der Waals surface area contributed by atoms with Gasteiger partial charge in [-0.3, -0.25) is 9.97 Å². The zero-order valence-corrected chi connectivity index (χ0v) is 11.0. The molecule has 0 saturated heterocycles. The molecular weight excluding hydrogens is 272 g/mol. The summed E-state index contributed by atoms with van der Waals surface area (Å²) < 4.78 is 5.37. The fraction of sp³-hybridized carbons (Fsp3) is 0. The van der Waals surface area contributed by atoms with Gasteiger partial charge in [0.1, 0.15) is 0 Å². The van der Waals surface area contributed by atoms with Gasteiger partial charge in [0, 0.05) is 17.8 Å². The van der Waals surface area contributed by atoms with E-state index < -0.39 is 0 Å². The fourth-order valence-electron chi connectivity index (χ4n) is 2.04. The fourth-order valence-corrected chi connectivity index (χ4v) is 2.59. The maximum atomic E-state index is 5.37. The summed E-state index contributed by atoms with van der Waals surface area (Å²) in [7, 11) is 0. The van der Waals surface area contributed by atoms with E-state index in [-0.39, 0.29) is 0 Å². The molecule has 96 valence electrons. The molecule has 1 aromatic carbocycles. The van der Waals surface area contributed by atoms with Crippen LogP contribution in [0.25, 0.3) is 33.1 Å². The van der Waals surface area contributed by atoms with E-state index in [4.69, 9.17) is 4.52 Å². The molecule has 4 rings (SSSR count). The smallest absolute Gasteiger partial charge is 0.259 e. The summed E-state index contributed by atoms with van der Waals surface area (Å²) in [4.78, 5) is 13.7. The molecule has 4 aromatic rings. The molecule has 6 heteroatoms. The molecule has 0 spiro atoms. The van der Waals surface area contributed by atoms with Crippen LogP contribution in [-0.4, -0.2) is 20.1 Å². The molecule has 3 heterocycles. The lowest BCUT2D eigenvalue weighted by molar-refractivity contribution is 0.433. The molecule has 0 radical (unpaired) electrons. The Morgan fingerprint density at radius 3 is 2.95 bits per heavy atom. The van der Waals surface area contributed by atoms with Crippen LogP contribution in [0.15, 0.2) is 52.8 Å². The van der Waals surface area contributed by atoms with E-state index in [1.807, 2.05) is 30.3 Å². The van der Waals surface area contributed by atoms with Crippen molar-refractivity contribution in [3.63, 3.8) is 0 Å². The maximum absolute atomic E-state index is 5.37. The van der Waals surface area contributed by atoms with E-state index in [2.05, 4.69) is 20.1 Å². The molecule has 0 unspecified atom stereocenters. The Labute approximate surface area is 117 Å². The quantitative estimate of drug-likeness (QED) is 0.563. The number of aromatic nitrogens is 4. The third-order valence-electron chi connectivity index (χ3n) is 2.96. The number of hydrogen-bond acceptors (Lipinski definition) is 6. The molecule has 0 bridgehead atoms. The summed E-state index contributed by atoms with van der Waals surface area (Å²) in [6.45, 7) is 0. The third-order valence-corrected chi connectivity index (χ3v) is 3.73. The van der Waals surface area contributed by atoms with Gasteiger partial charge in [0.2, 0.25) is 5.82 Å². The Morgan fingerprint density at radius 1 is 1.10 bits per heavy atom. The summed E-state index contributed by atoms with van der Waals surface area (Å²) in [6.07, 6.45) is 3.47. The first-order valence-electron chi connectivity index (χ1n) is 5.98. The van der Waals surface area contributed by atoms with Crippen molar-refractivity contribution < 1.29 is 4.52 Å². The lowest BCUT2D eigenvalue weighted by Gasteiger charge is -2.00. The second-order valence-corrected chi connectivity index (χ2v) is 5.05. The van der Waals surface area contributed by atoms with Crippen molar-refractivity contribution in [2.24, 2.45) is 0 Å². The molecular formula is C14H8N4OS. The number of thiazole rings is 1. The first-order chi connectivity index (χ1) is 9.92. The topological polar surface area (TPSA) is 64.7 Å². The Hall–Kier alpha value is -2.60. The predicted octanol–water partition coefficient (Wildman–Crippen LogP) is 3.41.